The number of benzene rings is 1. The zero-order valence-electron chi connectivity index (χ0n) is 11.1. The molecule has 21 heavy (non-hydrogen) atoms. The van der Waals surface area contributed by atoms with Crippen molar-refractivity contribution >= 4 is 44.6 Å². The highest BCUT2D eigenvalue weighted by molar-refractivity contribution is 9.10. The van der Waals surface area contributed by atoms with E-state index in [1.165, 1.54) is 11.6 Å². The molecule has 0 amide bonds. The number of hydrogen-bond donors (Lipinski definition) is 2. The van der Waals surface area contributed by atoms with Gasteiger partial charge in [-0.05, 0) is 65.0 Å². The monoisotopic (exact) mass is 365 g/mol. The second-order valence-electron chi connectivity index (χ2n) is 4.96. The Bertz CT molecular complexity index is 733. The van der Waals surface area contributed by atoms with Crippen LogP contribution in [0.15, 0.2) is 28.7 Å². The lowest BCUT2D eigenvalue weighted by molar-refractivity contribution is 0.622. The second kappa shape index (κ2) is 5.69. The first-order valence-electron chi connectivity index (χ1n) is 6.59. The molecule has 0 saturated heterocycles. The van der Waals surface area contributed by atoms with Gasteiger partial charge < -0.3 is 11.1 Å². The van der Waals surface area contributed by atoms with Crippen molar-refractivity contribution in [1.82, 2.24) is 4.98 Å². The fraction of sp³-hybridized carbons (Fsp3) is 0.200. The molecule has 0 atom stereocenters. The predicted molar refractivity (Wildman–Crippen MR) is 89.5 cm³/mol. The number of nitrogens with one attached hydrogen (secondary N) is 1. The molecule has 0 bridgehead atoms. The first-order valence-corrected chi connectivity index (χ1v) is 7.79. The molecule has 1 aromatic carbocycles. The number of anilines is 2. The number of thiocarbonyl (C=S) groups is 1. The van der Waals surface area contributed by atoms with Crippen LogP contribution in [0.25, 0.3) is 0 Å². The number of fused-ring (bicyclic) bond motifs is 1. The van der Waals surface area contributed by atoms with E-state index in [0.717, 1.165) is 25.0 Å². The average Bonchev–Trinajstić information content (AvgIpc) is 2.89. The molecule has 0 radical (unpaired) electrons. The first-order chi connectivity index (χ1) is 10.0. The molecule has 108 valence electrons. The van der Waals surface area contributed by atoms with Gasteiger partial charge in [0.05, 0.1) is 10.0 Å². The van der Waals surface area contributed by atoms with Crippen LogP contribution in [0.4, 0.5) is 15.9 Å². The Balaban J connectivity index is 2.01. The number of nitrogens with zero attached hydrogens (tertiary/aromatic N) is 1. The minimum Gasteiger partial charge on any atom is -0.389 e. The number of rotatable bonds is 3. The van der Waals surface area contributed by atoms with E-state index >= 15 is 0 Å². The molecule has 0 aliphatic heterocycles. The molecule has 1 aliphatic rings. The highest BCUT2D eigenvalue weighted by Crippen LogP contribution is 2.28. The zero-order valence-corrected chi connectivity index (χ0v) is 13.5. The molecule has 0 fully saturated rings. The average molecular weight is 366 g/mol. The molecule has 0 saturated carbocycles. The normalized spacial score (nSPS) is 13.0. The lowest BCUT2D eigenvalue weighted by Crippen LogP contribution is -2.14. The van der Waals surface area contributed by atoms with E-state index in [1.54, 1.807) is 12.1 Å². The summed E-state index contributed by atoms with van der Waals surface area (Å²) >= 11 is 8.23. The van der Waals surface area contributed by atoms with Gasteiger partial charge in [0, 0.05) is 11.4 Å². The summed E-state index contributed by atoms with van der Waals surface area (Å²) in [5.74, 6) is 0.253. The van der Waals surface area contributed by atoms with Gasteiger partial charge in [-0.25, -0.2) is 9.37 Å². The van der Waals surface area contributed by atoms with Gasteiger partial charge in [-0.3, -0.25) is 0 Å². The fourth-order valence-electron chi connectivity index (χ4n) is 2.47. The quantitative estimate of drug-likeness (QED) is 0.811. The van der Waals surface area contributed by atoms with Gasteiger partial charge in [-0.2, -0.15) is 0 Å². The Morgan fingerprint density at radius 1 is 1.33 bits per heavy atom. The third-order valence-corrected chi connectivity index (χ3v) is 4.36. The van der Waals surface area contributed by atoms with E-state index in [-0.39, 0.29) is 10.8 Å². The Morgan fingerprint density at radius 2 is 2.14 bits per heavy atom. The van der Waals surface area contributed by atoms with E-state index in [0.29, 0.717) is 21.5 Å². The van der Waals surface area contributed by atoms with E-state index in [2.05, 4.69) is 26.2 Å². The van der Waals surface area contributed by atoms with Crippen LogP contribution < -0.4 is 11.1 Å². The number of nitrogens with two attached hydrogens (primary N) is 1. The predicted octanol–water partition coefficient (Wildman–Crippen LogP) is 3.85. The van der Waals surface area contributed by atoms with Crippen LogP contribution >= 0.6 is 28.1 Å². The van der Waals surface area contributed by atoms with Crippen molar-refractivity contribution in [2.75, 3.05) is 5.32 Å². The van der Waals surface area contributed by atoms with E-state index in [4.69, 9.17) is 18.0 Å². The Morgan fingerprint density at radius 3 is 2.86 bits per heavy atom. The molecule has 0 spiro atoms. The van der Waals surface area contributed by atoms with Crippen molar-refractivity contribution in [1.29, 1.82) is 0 Å². The summed E-state index contributed by atoms with van der Waals surface area (Å²) in [5, 5.41) is 3.11. The highest BCUT2D eigenvalue weighted by Gasteiger charge is 2.18. The maximum atomic E-state index is 13.6. The molecular weight excluding hydrogens is 353 g/mol. The number of hydrogen-bond acceptors (Lipinski definition) is 3. The highest BCUT2D eigenvalue weighted by atomic mass is 79.9. The summed E-state index contributed by atoms with van der Waals surface area (Å²) in [6, 6.07) is 6.81. The van der Waals surface area contributed by atoms with Gasteiger partial charge in [-0.1, -0.05) is 12.2 Å². The van der Waals surface area contributed by atoms with Crippen molar-refractivity contribution in [3.05, 3.63) is 51.4 Å². The second-order valence-corrected chi connectivity index (χ2v) is 6.26. The fourth-order valence-corrected chi connectivity index (χ4v) is 2.87. The van der Waals surface area contributed by atoms with Crippen molar-refractivity contribution in [2.45, 2.75) is 19.3 Å². The van der Waals surface area contributed by atoms with Crippen molar-refractivity contribution in [3.8, 4) is 0 Å². The van der Waals surface area contributed by atoms with Gasteiger partial charge >= 0.3 is 0 Å². The largest absolute Gasteiger partial charge is 0.389 e. The van der Waals surface area contributed by atoms with Crippen LogP contribution in [0.3, 0.4) is 0 Å². The minimum atomic E-state index is -0.335. The molecule has 6 heteroatoms. The number of halogens is 2. The van der Waals surface area contributed by atoms with Crippen molar-refractivity contribution in [3.63, 3.8) is 0 Å². The van der Waals surface area contributed by atoms with Crippen LogP contribution in [0.1, 0.15) is 23.2 Å². The summed E-state index contributed by atoms with van der Waals surface area (Å²) in [4.78, 5) is 4.90. The molecular formula is C15H13BrFN3S. The number of aryl methyl sites for hydroxylation is 2. The summed E-state index contributed by atoms with van der Waals surface area (Å²) in [6.07, 6.45) is 3.05. The third-order valence-electron chi connectivity index (χ3n) is 3.50. The molecule has 1 aliphatic carbocycles. The van der Waals surface area contributed by atoms with Crippen LogP contribution in [0.2, 0.25) is 0 Å². The Kier molecular flexibility index (Phi) is 3.91. The Hall–Kier alpha value is -1.53. The van der Waals surface area contributed by atoms with E-state index < -0.39 is 0 Å². The van der Waals surface area contributed by atoms with Crippen molar-refractivity contribution < 1.29 is 4.39 Å². The van der Waals surface area contributed by atoms with Crippen LogP contribution in [-0.2, 0) is 12.8 Å². The van der Waals surface area contributed by atoms with E-state index in [9.17, 15) is 4.39 Å². The number of aromatic nitrogens is 1. The van der Waals surface area contributed by atoms with Crippen LogP contribution in [0.5, 0.6) is 0 Å². The third kappa shape index (κ3) is 2.91. The maximum absolute atomic E-state index is 13.6. The molecule has 3 nitrogen and oxygen atoms in total. The summed E-state index contributed by atoms with van der Waals surface area (Å²) in [6.45, 7) is 0. The molecule has 0 unspecified atom stereocenters. The Labute approximate surface area is 135 Å². The molecule has 3 N–H and O–H groups in total. The minimum absolute atomic E-state index is 0.289. The lowest BCUT2D eigenvalue weighted by atomic mass is 10.1. The standard InChI is InChI=1S/C15H13BrFN3S/c16-11-5-4-9(7-12(11)17)19-15-10(14(18)21)6-8-2-1-3-13(8)20-15/h4-7H,1-3H2,(H2,18,21)(H,19,20). The summed E-state index contributed by atoms with van der Waals surface area (Å²) in [5.41, 5.74) is 9.36. The maximum Gasteiger partial charge on any atom is 0.140 e. The zero-order chi connectivity index (χ0) is 15.0. The topological polar surface area (TPSA) is 50.9 Å². The summed E-state index contributed by atoms with van der Waals surface area (Å²) < 4.78 is 14.0. The summed E-state index contributed by atoms with van der Waals surface area (Å²) in [7, 11) is 0. The smallest absolute Gasteiger partial charge is 0.140 e. The van der Waals surface area contributed by atoms with Gasteiger partial charge in [0.2, 0.25) is 0 Å². The molecule has 1 aromatic heterocycles. The lowest BCUT2D eigenvalue weighted by Gasteiger charge is -2.13. The SMILES string of the molecule is NC(=S)c1cc2c(nc1Nc1ccc(Br)c(F)c1)CCC2. The first kappa shape index (κ1) is 14.4. The van der Waals surface area contributed by atoms with Gasteiger partial charge in [0.25, 0.3) is 0 Å². The van der Waals surface area contributed by atoms with Crippen LogP contribution in [-0.4, -0.2) is 9.97 Å². The molecule has 2 aromatic rings. The van der Waals surface area contributed by atoms with E-state index in [1.807, 2.05) is 6.07 Å². The van der Waals surface area contributed by atoms with Crippen LogP contribution in [0, 0.1) is 5.82 Å². The van der Waals surface area contributed by atoms with Gasteiger partial charge in [-0.15, -0.1) is 0 Å². The van der Waals surface area contributed by atoms with Gasteiger partial charge in [0.15, 0.2) is 0 Å². The molecule has 1 heterocycles. The molecule has 3 rings (SSSR count). The van der Waals surface area contributed by atoms with Gasteiger partial charge in [0.1, 0.15) is 16.6 Å². The number of pyridine rings is 1. The van der Waals surface area contributed by atoms with Crippen molar-refractivity contribution in [2.24, 2.45) is 5.73 Å².